The highest BCUT2D eigenvalue weighted by Gasteiger charge is 2.34. The first-order valence-corrected chi connectivity index (χ1v) is 8.43. The molecular weight excluding hydrogens is 386 g/mol. The molecule has 9 heteroatoms. The second kappa shape index (κ2) is 7.78. The molecule has 2 amide bonds. The maximum Gasteiger partial charge on any atom is 0.281 e. The highest BCUT2D eigenvalue weighted by molar-refractivity contribution is 6.31. The van der Waals surface area contributed by atoms with E-state index in [1.165, 1.54) is 40.4 Å². The largest absolute Gasteiger partial charge is 0.493 e. The average molecular weight is 404 g/mol. The predicted molar refractivity (Wildman–Crippen MR) is 101 cm³/mol. The van der Waals surface area contributed by atoms with Crippen LogP contribution in [-0.2, 0) is 9.59 Å². The number of ether oxygens (including phenoxy) is 3. The molecule has 0 atom stereocenters. The van der Waals surface area contributed by atoms with Crippen LogP contribution in [0, 0.1) is 18.6 Å². The number of anilines is 2. The van der Waals surface area contributed by atoms with Crippen molar-refractivity contribution in [2.45, 2.75) is 6.92 Å². The van der Waals surface area contributed by atoms with Gasteiger partial charge in [-0.1, -0.05) is 0 Å². The van der Waals surface area contributed by atoms with E-state index in [1.54, 1.807) is 0 Å². The molecule has 0 aromatic heterocycles. The van der Waals surface area contributed by atoms with Gasteiger partial charge in [0.2, 0.25) is 5.75 Å². The van der Waals surface area contributed by atoms with Gasteiger partial charge in [-0.15, -0.1) is 0 Å². The van der Waals surface area contributed by atoms with Crippen LogP contribution in [0.1, 0.15) is 5.56 Å². The zero-order valence-electron chi connectivity index (χ0n) is 16.1. The molecule has 0 fully saturated rings. The molecule has 2 aromatic rings. The Bertz CT molecular complexity index is 988. The van der Waals surface area contributed by atoms with Crippen molar-refractivity contribution in [1.29, 1.82) is 0 Å². The van der Waals surface area contributed by atoms with Crippen molar-refractivity contribution in [2.24, 2.45) is 0 Å². The normalized spacial score (nSPS) is 13.4. The number of nitrogens with zero attached hydrogens (tertiary/aromatic N) is 1. The second-order valence-electron chi connectivity index (χ2n) is 6.11. The van der Waals surface area contributed by atoms with Gasteiger partial charge in [0.1, 0.15) is 17.3 Å². The van der Waals surface area contributed by atoms with Gasteiger partial charge in [0, 0.05) is 29.5 Å². The number of halogens is 2. The van der Waals surface area contributed by atoms with Crippen molar-refractivity contribution in [3.63, 3.8) is 0 Å². The summed E-state index contributed by atoms with van der Waals surface area (Å²) in [5, 5.41) is 2.59. The first-order chi connectivity index (χ1) is 13.8. The summed E-state index contributed by atoms with van der Waals surface area (Å²) >= 11 is 0. The molecule has 0 radical (unpaired) electrons. The van der Waals surface area contributed by atoms with Crippen molar-refractivity contribution in [3.05, 3.63) is 53.2 Å². The molecule has 0 unspecified atom stereocenters. The summed E-state index contributed by atoms with van der Waals surface area (Å²) in [6.45, 7) is 1.30. The molecule has 0 bridgehead atoms. The predicted octanol–water partition coefficient (Wildman–Crippen LogP) is 3.17. The Labute approximate surface area is 165 Å². The lowest BCUT2D eigenvalue weighted by Crippen LogP contribution is -2.32. The van der Waals surface area contributed by atoms with E-state index in [2.05, 4.69) is 5.32 Å². The highest BCUT2D eigenvalue weighted by atomic mass is 19.1. The Kier molecular flexibility index (Phi) is 5.40. The van der Waals surface area contributed by atoms with Crippen molar-refractivity contribution < 1.29 is 32.6 Å². The molecule has 7 nitrogen and oxygen atoms in total. The molecule has 152 valence electrons. The second-order valence-corrected chi connectivity index (χ2v) is 6.11. The molecule has 0 saturated carbocycles. The summed E-state index contributed by atoms with van der Waals surface area (Å²) in [7, 11) is 4.23. The van der Waals surface area contributed by atoms with Gasteiger partial charge in [0.05, 0.1) is 27.0 Å². The minimum absolute atomic E-state index is 0.00439. The monoisotopic (exact) mass is 404 g/mol. The van der Waals surface area contributed by atoms with Crippen LogP contribution in [0.4, 0.5) is 20.2 Å². The first-order valence-electron chi connectivity index (χ1n) is 8.43. The van der Waals surface area contributed by atoms with E-state index in [0.717, 1.165) is 23.1 Å². The number of hydrogen-bond acceptors (Lipinski definition) is 6. The van der Waals surface area contributed by atoms with E-state index in [9.17, 15) is 18.4 Å². The molecule has 1 heterocycles. The zero-order valence-corrected chi connectivity index (χ0v) is 16.1. The maximum atomic E-state index is 13.8. The third-order valence-corrected chi connectivity index (χ3v) is 4.39. The molecule has 29 heavy (non-hydrogen) atoms. The fourth-order valence-corrected chi connectivity index (χ4v) is 2.87. The SMILES string of the molecule is COc1cc(N2C(=O)C=C(Nc3cc(F)c(C)c(F)c3)C2=O)cc(OC)c1OC. The van der Waals surface area contributed by atoms with Gasteiger partial charge in [0.25, 0.3) is 11.8 Å². The molecule has 3 rings (SSSR count). The molecule has 0 spiro atoms. The fourth-order valence-electron chi connectivity index (χ4n) is 2.87. The van der Waals surface area contributed by atoms with Crippen LogP contribution < -0.4 is 24.4 Å². The van der Waals surface area contributed by atoms with Gasteiger partial charge in [-0.05, 0) is 19.1 Å². The number of carbonyl (C=O) groups excluding carboxylic acids is 2. The van der Waals surface area contributed by atoms with Crippen molar-refractivity contribution in [1.82, 2.24) is 0 Å². The lowest BCUT2D eigenvalue weighted by atomic mass is 10.2. The summed E-state index contributed by atoms with van der Waals surface area (Å²) < 4.78 is 43.2. The van der Waals surface area contributed by atoms with Crippen LogP contribution in [0.2, 0.25) is 0 Å². The van der Waals surface area contributed by atoms with E-state index in [-0.39, 0.29) is 34.1 Å². The number of methoxy groups -OCH3 is 3. The zero-order chi connectivity index (χ0) is 21.3. The summed E-state index contributed by atoms with van der Waals surface area (Å²) in [5.74, 6) is -2.07. The third-order valence-electron chi connectivity index (χ3n) is 4.39. The third kappa shape index (κ3) is 3.58. The van der Waals surface area contributed by atoms with Crippen molar-refractivity contribution in [2.75, 3.05) is 31.5 Å². The number of amides is 2. The van der Waals surface area contributed by atoms with E-state index in [1.807, 2.05) is 0 Å². The number of rotatable bonds is 6. The van der Waals surface area contributed by atoms with Crippen molar-refractivity contribution in [3.8, 4) is 17.2 Å². The topological polar surface area (TPSA) is 77.1 Å². The number of nitrogens with one attached hydrogen (secondary N) is 1. The van der Waals surface area contributed by atoms with Gasteiger partial charge in [-0.3, -0.25) is 9.59 Å². The Hall–Kier alpha value is -3.62. The van der Waals surface area contributed by atoms with Crippen LogP contribution in [0.5, 0.6) is 17.2 Å². The number of benzene rings is 2. The van der Waals surface area contributed by atoms with Crippen LogP contribution in [0.15, 0.2) is 36.0 Å². The number of carbonyl (C=O) groups is 2. The quantitative estimate of drug-likeness (QED) is 0.746. The molecule has 0 aliphatic carbocycles. The van der Waals surface area contributed by atoms with Crippen LogP contribution in [0.25, 0.3) is 0 Å². The molecule has 2 aromatic carbocycles. The average Bonchev–Trinajstić information content (AvgIpc) is 2.97. The highest BCUT2D eigenvalue weighted by Crippen LogP contribution is 2.42. The minimum atomic E-state index is -0.772. The van der Waals surface area contributed by atoms with Gasteiger partial charge < -0.3 is 19.5 Å². The number of imide groups is 1. The summed E-state index contributed by atoms with van der Waals surface area (Å²) in [5.41, 5.74) is -0.0858. The summed E-state index contributed by atoms with van der Waals surface area (Å²) in [6.07, 6.45) is 1.04. The number of hydrogen-bond donors (Lipinski definition) is 1. The molecular formula is C20H18F2N2O5. The Morgan fingerprint density at radius 3 is 1.93 bits per heavy atom. The fraction of sp³-hybridized carbons (Fsp3) is 0.200. The van der Waals surface area contributed by atoms with E-state index >= 15 is 0 Å². The molecule has 1 aliphatic heterocycles. The summed E-state index contributed by atoms with van der Waals surface area (Å²) in [6, 6.07) is 4.97. The Morgan fingerprint density at radius 2 is 1.45 bits per heavy atom. The molecule has 0 saturated heterocycles. The minimum Gasteiger partial charge on any atom is -0.493 e. The van der Waals surface area contributed by atoms with E-state index in [4.69, 9.17) is 14.2 Å². The van der Waals surface area contributed by atoms with Gasteiger partial charge in [-0.2, -0.15) is 0 Å². The van der Waals surface area contributed by atoms with E-state index in [0.29, 0.717) is 5.75 Å². The van der Waals surface area contributed by atoms with Crippen molar-refractivity contribution >= 4 is 23.2 Å². The van der Waals surface area contributed by atoms with Gasteiger partial charge >= 0.3 is 0 Å². The van der Waals surface area contributed by atoms with Crippen LogP contribution in [-0.4, -0.2) is 33.1 Å². The molecule has 1 N–H and O–H groups in total. The summed E-state index contributed by atoms with van der Waals surface area (Å²) in [4.78, 5) is 26.1. The van der Waals surface area contributed by atoms with Gasteiger partial charge in [-0.25, -0.2) is 13.7 Å². The van der Waals surface area contributed by atoms with Crippen LogP contribution in [0.3, 0.4) is 0 Å². The maximum absolute atomic E-state index is 13.8. The first kappa shape index (κ1) is 20.1. The Morgan fingerprint density at radius 1 is 0.897 bits per heavy atom. The van der Waals surface area contributed by atoms with E-state index < -0.39 is 23.4 Å². The lowest BCUT2D eigenvalue weighted by Gasteiger charge is -2.19. The van der Waals surface area contributed by atoms with Gasteiger partial charge in [0.15, 0.2) is 11.5 Å². The Balaban J connectivity index is 1.93. The smallest absolute Gasteiger partial charge is 0.281 e. The standard InChI is InChI=1S/C20H18F2N2O5/c1-10-13(21)5-11(6-14(10)22)23-15-9-18(25)24(20(15)26)12-7-16(27-2)19(29-4)17(8-12)28-3/h5-9,23H,1-4H3. The molecule has 1 aliphatic rings. The lowest BCUT2D eigenvalue weighted by molar-refractivity contribution is -0.120. The van der Waals surface area contributed by atoms with Crippen LogP contribution >= 0.6 is 0 Å².